The highest BCUT2D eigenvalue weighted by molar-refractivity contribution is 5.87. The fourth-order valence-electron chi connectivity index (χ4n) is 1.06. The molecule has 0 atom stereocenters. The molecule has 0 aliphatic carbocycles. The van der Waals surface area contributed by atoms with Crippen molar-refractivity contribution in [2.24, 2.45) is 0 Å². The van der Waals surface area contributed by atoms with Crippen LogP contribution in [0.15, 0.2) is 10.7 Å². The van der Waals surface area contributed by atoms with Gasteiger partial charge in [-0.05, 0) is 6.92 Å². The molecule has 0 aliphatic heterocycles. The average Bonchev–Trinajstić information content (AvgIpc) is 2.75. The summed E-state index contributed by atoms with van der Waals surface area (Å²) in [5.41, 5.74) is 0.182. The first-order chi connectivity index (χ1) is 7.69. The van der Waals surface area contributed by atoms with Crippen molar-refractivity contribution in [2.45, 2.75) is 6.92 Å². The van der Waals surface area contributed by atoms with Gasteiger partial charge in [-0.15, -0.1) is 0 Å². The molecule has 0 unspecified atom stereocenters. The molecule has 1 rings (SSSR count). The fourth-order valence-corrected chi connectivity index (χ4v) is 1.06. The number of likely N-dealkylation sites (N-methyl/N-ethyl adjacent to an activating group) is 1. The molecule has 0 saturated heterocycles. The van der Waals surface area contributed by atoms with E-state index in [1.54, 1.807) is 26.0 Å². The van der Waals surface area contributed by atoms with Crippen molar-refractivity contribution in [1.29, 1.82) is 0 Å². The summed E-state index contributed by atoms with van der Waals surface area (Å²) in [4.78, 5) is 17.1. The Morgan fingerprint density at radius 1 is 1.62 bits per heavy atom. The second-order valence-corrected chi connectivity index (χ2v) is 3.15. The SMILES string of the molecule is CCOC(=O)c1coc(N(C)CCOC)n1. The van der Waals surface area contributed by atoms with E-state index in [0.717, 1.165) is 0 Å². The molecular formula is C10H16N2O4. The van der Waals surface area contributed by atoms with Crippen LogP contribution in [0.4, 0.5) is 6.01 Å². The normalized spacial score (nSPS) is 10.2. The van der Waals surface area contributed by atoms with Gasteiger partial charge in [-0.2, -0.15) is 4.98 Å². The van der Waals surface area contributed by atoms with Gasteiger partial charge in [0, 0.05) is 20.7 Å². The van der Waals surface area contributed by atoms with Crippen LogP contribution in [0, 0.1) is 0 Å². The van der Waals surface area contributed by atoms with E-state index in [4.69, 9.17) is 13.9 Å². The van der Waals surface area contributed by atoms with Crippen molar-refractivity contribution in [1.82, 2.24) is 4.98 Å². The predicted octanol–water partition coefficient (Wildman–Crippen LogP) is 0.934. The molecule has 0 spiro atoms. The number of methoxy groups -OCH3 is 1. The standard InChI is InChI=1S/C10H16N2O4/c1-4-15-9(13)8-7-16-10(11-8)12(2)5-6-14-3/h7H,4-6H2,1-3H3. The Morgan fingerprint density at radius 3 is 3.00 bits per heavy atom. The first kappa shape index (κ1) is 12.5. The molecule has 1 aromatic heterocycles. The molecule has 1 heterocycles. The van der Waals surface area contributed by atoms with Crippen LogP contribution >= 0.6 is 0 Å². The summed E-state index contributed by atoms with van der Waals surface area (Å²) in [6.07, 6.45) is 1.29. The van der Waals surface area contributed by atoms with Crippen molar-refractivity contribution in [3.05, 3.63) is 12.0 Å². The Labute approximate surface area is 94.1 Å². The number of hydrogen-bond donors (Lipinski definition) is 0. The maximum atomic E-state index is 11.3. The number of carbonyl (C=O) groups excluding carboxylic acids is 1. The number of carbonyl (C=O) groups is 1. The molecule has 6 nitrogen and oxygen atoms in total. The van der Waals surface area contributed by atoms with E-state index in [2.05, 4.69) is 4.98 Å². The molecule has 90 valence electrons. The number of hydrogen-bond acceptors (Lipinski definition) is 6. The molecular weight excluding hydrogens is 212 g/mol. The molecule has 1 aromatic rings. The van der Waals surface area contributed by atoms with Crippen LogP contribution in [-0.2, 0) is 9.47 Å². The van der Waals surface area contributed by atoms with Gasteiger partial charge in [-0.1, -0.05) is 0 Å². The highest BCUT2D eigenvalue weighted by Gasteiger charge is 2.15. The first-order valence-electron chi connectivity index (χ1n) is 5.01. The van der Waals surface area contributed by atoms with E-state index < -0.39 is 5.97 Å². The fraction of sp³-hybridized carbons (Fsp3) is 0.600. The number of oxazole rings is 1. The summed E-state index contributed by atoms with van der Waals surface area (Å²) in [5.74, 6) is -0.474. The molecule has 0 amide bonds. The zero-order valence-electron chi connectivity index (χ0n) is 9.73. The summed E-state index contributed by atoms with van der Waals surface area (Å²) in [5, 5.41) is 0. The van der Waals surface area contributed by atoms with Gasteiger partial charge in [0.15, 0.2) is 5.69 Å². The van der Waals surface area contributed by atoms with Gasteiger partial charge in [0.2, 0.25) is 0 Å². The lowest BCUT2D eigenvalue weighted by atomic mass is 10.5. The second kappa shape index (κ2) is 6.12. The Kier molecular flexibility index (Phi) is 4.78. The first-order valence-corrected chi connectivity index (χ1v) is 5.01. The molecule has 6 heteroatoms. The van der Waals surface area contributed by atoms with Crippen LogP contribution in [0.3, 0.4) is 0 Å². The molecule has 16 heavy (non-hydrogen) atoms. The number of esters is 1. The number of anilines is 1. The maximum Gasteiger partial charge on any atom is 0.360 e. The van der Waals surface area contributed by atoms with Crippen molar-refractivity contribution in [3.63, 3.8) is 0 Å². The van der Waals surface area contributed by atoms with Crippen molar-refractivity contribution in [2.75, 3.05) is 38.8 Å². The second-order valence-electron chi connectivity index (χ2n) is 3.15. The third-order valence-corrected chi connectivity index (χ3v) is 1.93. The molecule has 0 N–H and O–H groups in total. The van der Waals surface area contributed by atoms with E-state index in [0.29, 0.717) is 25.8 Å². The Hall–Kier alpha value is -1.56. The van der Waals surface area contributed by atoms with E-state index in [1.807, 2.05) is 0 Å². The Morgan fingerprint density at radius 2 is 2.38 bits per heavy atom. The molecule has 0 aliphatic rings. The molecule has 0 aromatic carbocycles. The monoisotopic (exact) mass is 228 g/mol. The van der Waals surface area contributed by atoms with Crippen molar-refractivity contribution >= 4 is 12.0 Å². The summed E-state index contributed by atoms with van der Waals surface area (Å²) < 4.78 is 14.9. The van der Waals surface area contributed by atoms with E-state index in [1.165, 1.54) is 6.26 Å². The van der Waals surface area contributed by atoms with Gasteiger partial charge >= 0.3 is 5.97 Å². The van der Waals surface area contributed by atoms with Gasteiger partial charge in [0.05, 0.1) is 13.2 Å². The average molecular weight is 228 g/mol. The molecule has 0 saturated carbocycles. The van der Waals surface area contributed by atoms with Crippen molar-refractivity contribution < 1.29 is 18.7 Å². The molecule has 0 radical (unpaired) electrons. The quantitative estimate of drug-likeness (QED) is 0.675. The number of rotatable bonds is 6. The van der Waals surface area contributed by atoms with Crippen LogP contribution in [0.5, 0.6) is 0 Å². The van der Waals surface area contributed by atoms with Gasteiger partial charge in [-0.25, -0.2) is 4.79 Å². The van der Waals surface area contributed by atoms with Crippen molar-refractivity contribution in [3.8, 4) is 0 Å². The summed E-state index contributed by atoms with van der Waals surface area (Å²) in [6.45, 7) is 3.26. The van der Waals surface area contributed by atoms with Gasteiger partial charge in [0.25, 0.3) is 6.01 Å². The van der Waals surface area contributed by atoms with E-state index in [-0.39, 0.29) is 5.69 Å². The predicted molar refractivity (Wildman–Crippen MR) is 57.6 cm³/mol. The number of ether oxygens (including phenoxy) is 2. The van der Waals surface area contributed by atoms with Gasteiger partial charge < -0.3 is 18.8 Å². The van der Waals surface area contributed by atoms with Crippen LogP contribution < -0.4 is 4.90 Å². The third kappa shape index (κ3) is 3.23. The minimum Gasteiger partial charge on any atom is -0.461 e. The smallest absolute Gasteiger partial charge is 0.360 e. The summed E-state index contributed by atoms with van der Waals surface area (Å²) in [6, 6.07) is 0.375. The van der Waals surface area contributed by atoms with Crippen LogP contribution in [0.25, 0.3) is 0 Å². The molecule has 0 fully saturated rings. The topological polar surface area (TPSA) is 64.8 Å². The van der Waals surface area contributed by atoms with Crippen LogP contribution in [0.2, 0.25) is 0 Å². The Bertz CT molecular complexity index is 337. The van der Waals surface area contributed by atoms with E-state index >= 15 is 0 Å². The number of nitrogens with zero attached hydrogens (tertiary/aromatic N) is 2. The van der Waals surface area contributed by atoms with Gasteiger partial charge in [0.1, 0.15) is 6.26 Å². The van der Waals surface area contributed by atoms with Gasteiger partial charge in [-0.3, -0.25) is 0 Å². The largest absolute Gasteiger partial charge is 0.461 e. The van der Waals surface area contributed by atoms with Crippen LogP contribution in [0.1, 0.15) is 17.4 Å². The minimum absolute atomic E-state index is 0.182. The highest BCUT2D eigenvalue weighted by Crippen LogP contribution is 2.12. The summed E-state index contributed by atoms with van der Waals surface area (Å²) >= 11 is 0. The maximum absolute atomic E-state index is 11.3. The zero-order valence-corrected chi connectivity index (χ0v) is 9.73. The zero-order chi connectivity index (χ0) is 12.0. The number of aromatic nitrogens is 1. The highest BCUT2D eigenvalue weighted by atomic mass is 16.5. The lowest BCUT2D eigenvalue weighted by molar-refractivity contribution is 0.0519. The minimum atomic E-state index is -0.474. The third-order valence-electron chi connectivity index (χ3n) is 1.93. The summed E-state index contributed by atoms with van der Waals surface area (Å²) in [7, 11) is 3.42. The molecule has 0 bridgehead atoms. The Balaban J connectivity index is 2.59. The lowest BCUT2D eigenvalue weighted by Gasteiger charge is -2.12. The lowest BCUT2D eigenvalue weighted by Crippen LogP contribution is -2.22. The van der Waals surface area contributed by atoms with E-state index in [9.17, 15) is 4.79 Å². The van der Waals surface area contributed by atoms with Crippen LogP contribution in [-0.4, -0.2) is 44.9 Å².